The van der Waals surface area contributed by atoms with Crippen LogP contribution in [0.2, 0.25) is 0 Å². The van der Waals surface area contributed by atoms with Gasteiger partial charge in [0.05, 0.1) is 23.3 Å². The molecule has 8 heteroatoms. The van der Waals surface area contributed by atoms with E-state index in [1.54, 1.807) is 65.8 Å². The summed E-state index contributed by atoms with van der Waals surface area (Å²) in [5, 5.41) is 0.726. The zero-order valence-corrected chi connectivity index (χ0v) is 21.6. The molecule has 0 atom stereocenters. The fraction of sp³-hybridized carbons (Fsp3) is 0.346. The Labute approximate surface area is 206 Å². The molecule has 1 aliphatic heterocycles. The number of rotatable bonds is 0. The Kier molecular flexibility index (Phi) is 5.84. The van der Waals surface area contributed by atoms with Crippen LogP contribution in [0.4, 0.5) is 15.3 Å². The van der Waals surface area contributed by atoms with Gasteiger partial charge in [0.25, 0.3) is 0 Å². The van der Waals surface area contributed by atoms with Crippen molar-refractivity contribution in [1.29, 1.82) is 0 Å². The van der Waals surface area contributed by atoms with Crippen molar-refractivity contribution in [2.24, 2.45) is 0 Å². The van der Waals surface area contributed by atoms with E-state index < -0.39 is 29.3 Å². The average Bonchev–Trinajstić information content (AvgIpc) is 2.92. The van der Waals surface area contributed by atoms with Gasteiger partial charge in [-0.1, -0.05) is 34.1 Å². The molecular formula is C26H27BrN2O5. The quantitative estimate of drug-likeness (QED) is 0.326. The number of ether oxygens (including phenoxy) is 2. The number of hydrogen-bond acceptors (Lipinski definition) is 5. The SMILES string of the molecule is CC(C)(C)OC(=O)N1C(=O)Cc2c(n(C(=O)OC(C)(C)C)c3ccc(Br)cc23)-c2ccccc21. The van der Waals surface area contributed by atoms with Crippen molar-refractivity contribution in [3.63, 3.8) is 0 Å². The summed E-state index contributed by atoms with van der Waals surface area (Å²) in [7, 11) is 0. The third-order valence-corrected chi connectivity index (χ3v) is 5.66. The molecule has 0 N–H and O–H groups in total. The molecule has 2 aromatic carbocycles. The van der Waals surface area contributed by atoms with Crippen LogP contribution in [0.5, 0.6) is 0 Å². The highest BCUT2D eigenvalue weighted by Gasteiger charge is 2.37. The maximum absolute atomic E-state index is 13.5. The highest BCUT2D eigenvalue weighted by molar-refractivity contribution is 9.10. The number of imide groups is 1. The molecule has 0 aliphatic carbocycles. The number of fused-ring (bicyclic) bond motifs is 5. The van der Waals surface area contributed by atoms with E-state index in [0.29, 0.717) is 28.0 Å². The number of nitrogens with zero attached hydrogens (tertiary/aromatic N) is 2. The summed E-state index contributed by atoms with van der Waals surface area (Å²) >= 11 is 3.49. The van der Waals surface area contributed by atoms with E-state index >= 15 is 0 Å². The van der Waals surface area contributed by atoms with Crippen LogP contribution in [-0.4, -0.2) is 33.9 Å². The molecule has 1 aromatic heterocycles. The molecule has 1 aliphatic rings. The molecule has 2 heterocycles. The van der Waals surface area contributed by atoms with Crippen LogP contribution >= 0.6 is 15.9 Å². The summed E-state index contributed by atoms with van der Waals surface area (Å²) < 4.78 is 13.6. The predicted octanol–water partition coefficient (Wildman–Crippen LogP) is 6.68. The maximum atomic E-state index is 13.5. The fourth-order valence-electron chi connectivity index (χ4n) is 4.03. The van der Waals surface area contributed by atoms with Crippen LogP contribution in [0.1, 0.15) is 47.1 Å². The summed E-state index contributed by atoms with van der Waals surface area (Å²) in [5.74, 6) is -0.441. The molecule has 0 saturated carbocycles. The van der Waals surface area contributed by atoms with E-state index in [4.69, 9.17) is 9.47 Å². The normalized spacial score (nSPS) is 13.9. The molecule has 3 aromatic rings. The minimum absolute atomic E-state index is 0.0913. The lowest BCUT2D eigenvalue weighted by molar-refractivity contribution is -0.117. The second kappa shape index (κ2) is 8.27. The van der Waals surface area contributed by atoms with Crippen molar-refractivity contribution in [2.45, 2.75) is 59.2 Å². The third kappa shape index (κ3) is 4.46. The fourth-order valence-corrected chi connectivity index (χ4v) is 4.39. The second-order valence-corrected chi connectivity index (χ2v) is 11.1. The zero-order valence-electron chi connectivity index (χ0n) is 20.1. The first-order valence-corrected chi connectivity index (χ1v) is 11.8. The molecule has 2 amide bonds. The molecular weight excluding hydrogens is 500 g/mol. The van der Waals surface area contributed by atoms with Gasteiger partial charge in [-0.2, -0.15) is 0 Å². The first-order valence-electron chi connectivity index (χ1n) is 11.0. The monoisotopic (exact) mass is 526 g/mol. The van der Waals surface area contributed by atoms with E-state index in [1.807, 2.05) is 18.2 Å². The van der Waals surface area contributed by atoms with Crippen molar-refractivity contribution in [3.05, 3.63) is 52.5 Å². The van der Waals surface area contributed by atoms with Gasteiger partial charge >= 0.3 is 12.2 Å². The van der Waals surface area contributed by atoms with Crippen LogP contribution in [-0.2, 0) is 20.7 Å². The first kappa shape index (κ1) is 24.0. The van der Waals surface area contributed by atoms with Gasteiger partial charge in [0.1, 0.15) is 11.2 Å². The van der Waals surface area contributed by atoms with Crippen molar-refractivity contribution in [1.82, 2.24) is 4.57 Å². The van der Waals surface area contributed by atoms with Crippen LogP contribution < -0.4 is 4.90 Å². The van der Waals surface area contributed by atoms with E-state index in [1.165, 1.54) is 4.57 Å². The molecule has 7 nitrogen and oxygen atoms in total. The lowest BCUT2D eigenvalue weighted by atomic mass is 10.0. The highest BCUT2D eigenvalue weighted by atomic mass is 79.9. The minimum Gasteiger partial charge on any atom is -0.443 e. The van der Waals surface area contributed by atoms with Crippen molar-refractivity contribution in [3.8, 4) is 11.3 Å². The van der Waals surface area contributed by atoms with Gasteiger partial charge in [-0.15, -0.1) is 0 Å². The van der Waals surface area contributed by atoms with Gasteiger partial charge in [0.15, 0.2) is 0 Å². The van der Waals surface area contributed by atoms with E-state index in [2.05, 4.69) is 15.9 Å². The minimum atomic E-state index is -0.783. The lowest BCUT2D eigenvalue weighted by Gasteiger charge is -2.26. The summed E-state index contributed by atoms with van der Waals surface area (Å²) in [5.41, 5.74) is 1.20. The number of hydrogen-bond donors (Lipinski definition) is 0. The number of benzene rings is 2. The summed E-state index contributed by atoms with van der Waals surface area (Å²) in [6.07, 6.45) is -1.41. The molecule has 0 spiro atoms. The third-order valence-electron chi connectivity index (χ3n) is 5.16. The number of anilines is 1. The number of aromatic nitrogens is 1. The average molecular weight is 527 g/mol. The number of carbonyl (C=O) groups is 3. The number of halogens is 1. The largest absolute Gasteiger partial charge is 0.443 e. The van der Waals surface area contributed by atoms with Gasteiger partial charge in [-0.3, -0.25) is 4.79 Å². The summed E-state index contributed by atoms with van der Waals surface area (Å²) in [4.78, 5) is 41.1. The topological polar surface area (TPSA) is 77.8 Å². The Hall–Kier alpha value is -3.13. The standard InChI is InChI=1S/C26H27BrN2O5/c1-25(2,3)33-23(31)28-19-10-8-7-9-16(19)22-18(14-21(28)30)17-13-15(27)11-12-20(17)29(22)24(32)34-26(4,5)6/h7-13H,14H2,1-6H3. The van der Waals surface area contributed by atoms with Gasteiger partial charge in [-0.05, 0) is 71.4 Å². The zero-order chi connectivity index (χ0) is 25.0. The van der Waals surface area contributed by atoms with Gasteiger partial charge in [0, 0.05) is 15.4 Å². The molecule has 0 bridgehead atoms. The molecule has 178 valence electrons. The van der Waals surface area contributed by atoms with Crippen molar-refractivity contribution >= 4 is 50.6 Å². The highest BCUT2D eigenvalue weighted by Crippen LogP contribution is 2.43. The van der Waals surface area contributed by atoms with E-state index in [0.717, 1.165) is 14.8 Å². The van der Waals surface area contributed by atoms with Crippen molar-refractivity contribution < 1.29 is 23.9 Å². The predicted molar refractivity (Wildman–Crippen MR) is 134 cm³/mol. The van der Waals surface area contributed by atoms with Crippen LogP contribution in [0.25, 0.3) is 22.2 Å². The molecule has 0 unspecified atom stereocenters. The molecule has 0 radical (unpaired) electrons. The molecule has 0 saturated heterocycles. The molecule has 0 fully saturated rings. The van der Waals surface area contributed by atoms with Crippen LogP contribution in [0.15, 0.2) is 46.9 Å². The molecule has 34 heavy (non-hydrogen) atoms. The Morgan fingerprint density at radius 2 is 1.53 bits per heavy atom. The summed E-state index contributed by atoms with van der Waals surface area (Å²) in [6.45, 7) is 10.6. The van der Waals surface area contributed by atoms with Crippen LogP contribution in [0, 0.1) is 0 Å². The Morgan fingerprint density at radius 3 is 2.18 bits per heavy atom. The van der Waals surface area contributed by atoms with E-state index in [9.17, 15) is 14.4 Å². The number of amides is 2. The van der Waals surface area contributed by atoms with Crippen LogP contribution in [0.3, 0.4) is 0 Å². The number of para-hydroxylation sites is 1. The van der Waals surface area contributed by atoms with E-state index in [-0.39, 0.29) is 6.42 Å². The Morgan fingerprint density at radius 1 is 0.912 bits per heavy atom. The summed E-state index contributed by atoms with van der Waals surface area (Å²) in [6, 6.07) is 12.5. The second-order valence-electron chi connectivity index (χ2n) is 10.2. The molecule has 4 rings (SSSR count). The Bertz CT molecular complexity index is 1330. The smallest absolute Gasteiger partial charge is 0.421 e. The van der Waals surface area contributed by atoms with Gasteiger partial charge in [-0.25, -0.2) is 19.1 Å². The first-order chi connectivity index (χ1) is 15.8. The lowest BCUT2D eigenvalue weighted by Crippen LogP contribution is -2.41. The van der Waals surface area contributed by atoms with Gasteiger partial charge in [0.2, 0.25) is 5.91 Å². The maximum Gasteiger partial charge on any atom is 0.421 e. The van der Waals surface area contributed by atoms with Crippen molar-refractivity contribution in [2.75, 3.05) is 4.90 Å². The number of carbonyl (C=O) groups excluding carboxylic acids is 3. The van der Waals surface area contributed by atoms with Gasteiger partial charge < -0.3 is 9.47 Å². The Balaban J connectivity index is 2.02.